The third-order valence-corrected chi connectivity index (χ3v) is 1.93. The summed E-state index contributed by atoms with van der Waals surface area (Å²) in [7, 11) is 1.70. The van der Waals surface area contributed by atoms with Crippen LogP contribution in [-0.2, 0) is 0 Å². The molecule has 8 nitrogen and oxygen atoms in total. The van der Waals surface area contributed by atoms with Crippen LogP contribution in [0.5, 0.6) is 6.01 Å². The zero-order valence-electron chi connectivity index (χ0n) is 9.74. The molecule has 0 aliphatic heterocycles. The maximum absolute atomic E-state index is 5.32. The topological polar surface area (TPSA) is 90.6 Å². The Balaban J connectivity index is 2.25. The van der Waals surface area contributed by atoms with Gasteiger partial charge in [-0.15, -0.1) is 12.3 Å². The van der Waals surface area contributed by atoms with Crippen LogP contribution in [0.1, 0.15) is 6.42 Å². The molecule has 2 aromatic heterocycles. The average molecular weight is 245 g/mol. The van der Waals surface area contributed by atoms with E-state index in [1.807, 2.05) is 0 Å². The van der Waals surface area contributed by atoms with Gasteiger partial charge < -0.3 is 10.1 Å². The second kappa shape index (κ2) is 5.58. The SMILES string of the molecule is C#CCCOc1nc(NC)nc(-n2cncn2)n1. The summed E-state index contributed by atoms with van der Waals surface area (Å²) in [5, 5.41) is 6.75. The molecule has 18 heavy (non-hydrogen) atoms. The van der Waals surface area contributed by atoms with E-state index >= 15 is 0 Å². The minimum absolute atomic E-state index is 0.190. The van der Waals surface area contributed by atoms with Crippen molar-refractivity contribution in [2.45, 2.75) is 6.42 Å². The van der Waals surface area contributed by atoms with E-state index in [2.05, 4.69) is 36.3 Å². The lowest BCUT2D eigenvalue weighted by Crippen LogP contribution is -2.10. The molecule has 0 fully saturated rings. The van der Waals surface area contributed by atoms with Crippen molar-refractivity contribution < 1.29 is 4.74 Å². The van der Waals surface area contributed by atoms with Crippen LogP contribution in [0, 0.1) is 12.3 Å². The lowest BCUT2D eigenvalue weighted by Gasteiger charge is -2.06. The monoisotopic (exact) mass is 245 g/mol. The second-order valence-corrected chi connectivity index (χ2v) is 3.13. The van der Waals surface area contributed by atoms with E-state index in [-0.39, 0.29) is 6.01 Å². The summed E-state index contributed by atoms with van der Waals surface area (Å²) in [6, 6.07) is 0.190. The Hall–Kier alpha value is -2.69. The Morgan fingerprint density at radius 2 is 2.33 bits per heavy atom. The van der Waals surface area contributed by atoms with Gasteiger partial charge in [0.05, 0.1) is 0 Å². The highest BCUT2D eigenvalue weighted by atomic mass is 16.5. The summed E-state index contributed by atoms with van der Waals surface area (Å²) in [4.78, 5) is 16.1. The van der Waals surface area contributed by atoms with Crippen molar-refractivity contribution in [3.63, 3.8) is 0 Å². The molecule has 2 heterocycles. The Morgan fingerprint density at radius 1 is 1.44 bits per heavy atom. The van der Waals surface area contributed by atoms with Gasteiger partial charge in [-0.25, -0.2) is 4.98 Å². The molecule has 0 aliphatic carbocycles. The molecule has 0 saturated carbocycles. The maximum Gasteiger partial charge on any atom is 0.323 e. The summed E-state index contributed by atoms with van der Waals surface area (Å²) >= 11 is 0. The molecule has 92 valence electrons. The van der Waals surface area contributed by atoms with Crippen LogP contribution in [0.4, 0.5) is 5.95 Å². The fourth-order valence-electron chi connectivity index (χ4n) is 1.14. The molecule has 2 rings (SSSR count). The number of nitrogens with one attached hydrogen (secondary N) is 1. The van der Waals surface area contributed by atoms with Crippen molar-refractivity contribution in [3.05, 3.63) is 12.7 Å². The highest BCUT2D eigenvalue weighted by Crippen LogP contribution is 2.09. The van der Waals surface area contributed by atoms with E-state index in [1.54, 1.807) is 7.05 Å². The Kier molecular flexibility index (Phi) is 3.66. The van der Waals surface area contributed by atoms with Crippen LogP contribution in [0.15, 0.2) is 12.7 Å². The fourth-order valence-corrected chi connectivity index (χ4v) is 1.14. The maximum atomic E-state index is 5.32. The van der Waals surface area contributed by atoms with Gasteiger partial charge >= 0.3 is 6.01 Å². The van der Waals surface area contributed by atoms with Gasteiger partial charge in [0.25, 0.3) is 5.95 Å². The first-order chi connectivity index (χ1) is 8.83. The molecule has 0 aromatic carbocycles. The highest BCUT2D eigenvalue weighted by molar-refractivity contribution is 5.28. The van der Waals surface area contributed by atoms with Gasteiger partial charge in [0, 0.05) is 13.5 Å². The Morgan fingerprint density at radius 3 is 3.00 bits per heavy atom. The minimum atomic E-state index is 0.190. The third-order valence-electron chi connectivity index (χ3n) is 1.93. The first-order valence-corrected chi connectivity index (χ1v) is 5.18. The summed E-state index contributed by atoms with van der Waals surface area (Å²) in [5.74, 6) is 3.17. The van der Waals surface area contributed by atoms with Crippen LogP contribution in [0.25, 0.3) is 5.95 Å². The summed E-state index contributed by atoms with van der Waals surface area (Å²) in [6.07, 6.45) is 8.50. The largest absolute Gasteiger partial charge is 0.462 e. The number of hydrogen-bond acceptors (Lipinski definition) is 7. The van der Waals surface area contributed by atoms with E-state index in [4.69, 9.17) is 11.2 Å². The molecule has 2 aromatic rings. The van der Waals surface area contributed by atoms with Crippen LogP contribution in [0.2, 0.25) is 0 Å². The number of terminal acetylenes is 1. The molecular formula is C10H11N7O. The predicted molar refractivity (Wildman–Crippen MR) is 63.2 cm³/mol. The lowest BCUT2D eigenvalue weighted by atomic mass is 10.5. The number of aromatic nitrogens is 6. The molecule has 8 heteroatoms. The van der Waals surface area contributed by atoms with E-state index in [0.717, 1.165) is 0 Å². The van der Waals surface area contributed by atoms with Crippen LogP contribution in [0.3, 0.4) is 0 Å². The number of hydrogen-bond donors (Lipinski definition) is 1. The first-order valence-electron chi connectivity index (χ1n) is 5.18. The quantitative estimate of drug-likeness (QED) is 0.580. The molecule has 0 amide bonds. The molecular weight excluding hydrogens is 234 g/mol. The molecule has 0 unspecified atom stereocenters. The van der Waals surface area contributed by atoms with Gasteiger partial charge in [0.2, 0.25) is 5.95 Å². The molecule has 0 saturated heterocycles. The molecule has 0 radical (unpaired) electrons. The van der Waals surface area contributed by atoms with Crippen molar-refractivity contribution in [3.8, 4) is 24.3 Å². The van der Waals surface area contributed by atoms with Crippen molar-refractivity contribution in [2.24, 2.45) is 0 Å². The van der Waals surface area contributed by atoms with Gasteiger partial charge in [-0.1, -0.05) is 0 Å². The van der Waals surface area contributed by atoms with Gasteiger partial charge in [-0.3, -0.25) is 0 Å². The molecule has 0 atom stereocenters. The van der Waals surface area contributed by atoms with E-state index < -0.39 is 0 Å². The summed E-state index contributed by atoms with van der Waals surface area (Å²) in [6.45, 7) is 0.348. The number of rotatable bonds is 5. The van der Waals surface area contributed by atoms with Gasteiger partial charge in [-0.05, 0) is 0 Å². The Labute approximate surface area is 103 Å². The molecule has 0 aliphatic rings. The normalized spacial score (nSPS) is 9.78. The number of nitrogens with zero attached hydrogens (tertiary/aromatic N) is 6. The zero-order valence-corrected chi connectivity index (χ0v) is 9.74. The molecule has 0 spiro atoms. The smallest absolute Gasteiger partial charge is 0.323 e. The van der Waals surface area contributed by atoms with E-state index in [9.17, 15) is 0 Å². The van der Waals surface area contributed by atoms with Crippen molar-refractivity contribution in [1.82, 2.24) is 29.7 Å². The van der Waals surface area contributed by atoms with Crippen LogP contribution >= 0.6 is 0 Å². The van der Waals surface area contributed by atoms with Gasteiger partial charge in [0.1, 0.15) is 19.3 Å². The van der Waals surface area contributed by atoms with Crippen LogP contribution in [-0.4, -0.2) is 43.4 Å². The number of ether oxygens (including phenoxy) is 1. The van der Waals surface area contributed by atoms with Crippen LogP contribution < -0.4 is 10.1 Å². The van der Waals surface area contributed by atoms with Crippen molar-refractivity contribution in [2.75, 3.05) is 19.0 Å². The Bertz CT molecular complexity index is 546. The lowest BCUT2D eigenvalue weighted by molar-refractivity contribution is 0.299. The third kappa shape index (κ3) is 2.70. The standard InChI is InChI=1S/C10H11N7O/c1-3-4-5-18-10-15-8(11-2)14-9(16-10)17-7-12-6-13-17/h1,6-7H,4-5H2,2H3,(H,11,14,15,16). The van der Waals surface area contributed by atoms with Gasteiger partial charge in [-0.2, -0.15) is 24.7 Å². The number of anilines is 1. The predicted octanol–water partition coefficient (Wildman–Crippen LogP) is -0.104. The van der Waals surface area contributed by atoms with Crippen molar-refractivity contribution >= 4 is 5.95 Å². The summed E-state index contributed by atoms with van der Waals surface area (Å²) < 4.78 is 6.73. The van der Waals surface area contributed by atoms with Crippen molar-refractivity contribution in [1.29, 1.82) is 0 Å². The van der Waals surface area contributed by atoms with E-state index in [1.165, 1.54) is 17.3 Å². The summed E-state index contributed by atoms with van der Waals surface area (Å²) in [5.41, 5.74) is 0. The fraction of sp³-hybridized carbons (Fsp3) is 0.300. The minimum Gasteiger partial charge on any atom is -0.462 e. The first kappa shape index (κ1) is 11.8. The van der Waals surface area contributed by atoms with E-state index in [0.29, 0.717) is 24.9 Å². The second-order valence-electron chi connectivity index (χ2n) is 3.13. The molecule has 1 N–H and O–H groups in total. The van der Waals surface area contributed by atoms with Gasteiger partial charge in [0.15, 0.2) is 0 Å². The average Bonchev–Trinajstić information content (AvgIpc) is 2.92. The molecule has 0 bridgehead atoms. The highest BCUT2D eigenvalue weighted by Gasteiger charge is 2.08. The zero-order chi connectivity index (χ0) is 12.8.